The molecule has 3 N–H and O–H groups in total. The normalized spacial score (nSPS) is 11.7. The van der Waals surface area contributed by atoms with Crippen molar-refractivity contribution in [2.45, 2.75) is 32.7 Å². The molecule has 10 aromatic rings. The Hall–Kier alpha value is -8.09. The zero-order valence-corrected chi connectivity index (χ0v) is 35.5. The molecule has 0 aliphatic heterocycles. The zero-order valence-electron chi connectivity index (χ0n) is 33.8. The van der Waals surface area contributed by atoms with E-state index in [4.69, 9.17) is 0 Å². The summed E-state index contributed by atoms with van der Waals surface area (Å²) in [5.74, 6) is -0.496. The highest BCUT2D eigenvalue weighted by Crippen LogP contribution is 2.26. The summed E-state index contributed by atoms with van der Waals surface area (Å²) in [6.45, 7) is 0.535. The van der Waals surface area contributed by atoms with E-state index in [1.807, 2.05) is 13.1 Å². The first-order valence-corrected chi connectivity index (χ1v) is 22.6. The van der Waals surface area contributed by atoms with Gasteiger partial charge in [-0.05, 0) is 96.1 Å². The summed E-state index contributed by atoms with van der Waals surface area (Å²) in [6, 6.07) is 31.6. The number of nitrogens with one attached hydrogen (secondary N) is 3. The number of fused-ring (bicyclic) bond motifs is 4. The van der Waals surface area contributed by atoms with Crippen LogP contribution in [0.3, 0.4) is 0 Å². The molecule has 0 atom stereocenters. The molecule has 16 nitrogen and oxygen atoms in total. The van der Waals surface area contributed by atoms with Gasteiger partial charge in [-0.3, -0.25) is 24.4 Å². The molecule has 4 aromatic carbocycles. The van der Waals surface area contributed by atoms with E-state index in [0.29, 0.717) is 16.8 Å². The molecule has 0 radical (unpaired) electrons. The molecule has 0 aliphatic carbocycles. The van der Waals surface area contributed by atoms with Gasteiger partial charge in [-0.1, -0.05) is 30.3 Å². The maximum absolute atomic E-state index is 13.0. The number of rotatable bonds is 10. The first-order chi connectivity index (χ1) is 30.9. The van der Waals surface area contributed by atoms with Crippen molar-refractivity contribution in [3.8, 4) is 0 Å². The second-order valence-electron chi connectivity index (χ2n) is 14.6. The van der Waals surface area contributed by atoms with Crippen LogP contribution in [-0.4, -0.2) is 68.0 Å². The van der Waals surface area contributed by atoms with Crippen LogP contribution < -0.4 is 10.6 Å². The van der Waals surface area contributed by atoms with Gasteiger partial charge >= 0.3 is 0 Å². The van der Waals surface area contributed by atoms with Crippen LogP contribution in [0.2, 0.25) is 0 Å². The molecular weight excluding hydrogens is 853 g/mol. The van der Waals surface area contributed by atoms with Gasteiger partial charge in [0.1, 0.15) is 5.65 Å². The number of carbonyl (C=O) groups is 2. The first-order valence-electron chi connectivity index (χ1n) is 19.7. The molecule has 2 amide bonds. The summed E-state index contributed by atoms with van der Waals surface area (Å²) in [5, 5.41) is 18.7. The Kier molecular flexibility index (Phi) is 11.0. The maximum Gasteiger partial charge on any atom is 0.253 e. The summed E-state index contributed by atoms with van der Waals surface area (Å²) < 4.78 is 55.6. The van der Waals surface area contributed by atoms with E-state index in [2.05, 4.69) is 40.9 Å². The van der Waals surface area contributed by atoms with Crippen LogP contribution in [0.4, 0.5) is 0 Å². The Bertz CT molecular complexity index is 3600. The lowest BCUT2D eigenvalue weighted by Gasteiger charge is -2.08. The quantitative estimate of drug-likeness (QED) is 0.139. The molecule has 0 fully saturated rings. The SMILES string of the molecule is Cn1ncc2cc(S(=O)(=O)c3ccc(CNC(=O)c4ccc5nccn5c4)cc3)ccc21.O=C(NCc1ccc(S(=O)(=O)c2ccc3ncccc3c2)cc1)c1cnc2[nH]ncc2c1. The summed E-state index contributed by atoms with van der Waals surface area (Å²) >= 11 is 0. The number of benzene rings is 4. The van der Waals surface area contributed by atoms with Gasteiger partial charge in [0, 0.05) is 67.3 Å². The van der Waals surface area contributed by atoms with Gasteiger partial charge in [-0.15, -0.1) is 0 Å². The lowest BCUT2D eigenvalue weighted by molar-refractivity contribution is 0.0942. The van der Waals surface area contributed by atoms with Crippen molar-refractivity contribution in [3.63, 3.8) is 0 Å². The van der Waals surface area contributed by atoms with E-state index in [-0.39, 0.29) is 44.5 Å². The van der Waals surface area contributed by atoms with Gasteiger partial charge in [-0.2, -0.15) is 10.2 Å². The fraction of sp³-hybridized carbons (Fsp3) is 0.0652. The Labute approximate surface area is 365 Å². The van der Waals surface area contributed by atoms with Crippen molar-refractivity contribution in [2.75, 3.05) is 0 Å². The van der Waals surface area contributed by atoms with E-state index < -0.39 is 19.7 Å². The summed E-state index contributed by atoms with van der Waals surface area (Å²) in [6.07, 6.45) is 11.5. The number of aryl methyl sites for hydroxylation is 1. The van der Waals surface area contributed by atoms with Crippen LogP contribution in [0.15, 0.2) is 178 Å². The second-order valence-corrected chi connectivity index (χ2v) is 18.5. The van der Waals surface area contributed by atoms with E-state index in [1.54, 1.807) is 155 Å². The molecule has 6 heterocycles. The molecule has 0 spiro atoms. The number of pyridine rings is 3. The number of amides is 2. The number of H-pyrrole nitrogens is 1. The third-order valence-corrected chi connectivity index (χ3v) is 14.0. The van der Waals surface area contributed by atoms with Crippen LogP contribution in [-0.2, 0) is 39.8 Å². The van der Waals surface area contributed by atoms with Gasteiger partial charge in [0.25, 0.3) is 11.8 Å². The molecule has 0 bridgehead atoms. The Balaban J connectivity index is 0.000000162. The molecule has 318 valence electrons. The smallest absolute Gasteiger partial charge is 0.253 e. The number of imidazole rings is 1. The summed E-state index contributed by atoms with van der Waals surface area (Å²) in [5.41, 5.74) is 5.48. The fourth-order valence-electron chi connectivity index (χ4n) is 6.96. The molecule has 6 aromatic heterocycles. The predicted molar refractivity (Wildman–Crippen MR) is 238 cm³/mol. The molecule has 0 aliphatic rings. The minimum Gasteiger partial charge on any atom is -0.348 e. The number of hydrogen-bond acceptors (Lipinski definition) is 11. The maximum atomic E-state index is 13.0. The molecule has 10 rings (SSSR count). The van der Waals surface area contributed by atoms with E-state index in [0.717, 1.165) is 44.0 Å². The monoisotopic (exact) mass is 888 g/mol. The third-order valence-electron chi connectivity index (χ3n) is 10.5. The molecule has 0 unspecified atom stereocenters. The van der Waals surface area contributed by atoms with Crippen molar-refractivity contribution in [3.05, 3.63) is 181 Å². The summed E-state index contributed by atoms with van der Waals surface area (Å²) in [7, 11) is -5.52. The Morgan fingerprint density at radius 1 is 0.609 bits per heavy atom. The number of aromatic nitrogens is 8. The van der Waals surface area contributed by atoms with Crippen molar-refractivity contribution in [1.29, 1.82) is 0 Å². The molecule has 0 saturated heterocycles. The molecule has 64 heavy (non-hydrogen) atoms. The minimum atomic E-state index is -3.67. The van der Waals surface area contributed by atoms with Gasteiger partial charge in [0.15, 0.2) is 5.65 Å². The molecular formula is C46H36N10O6S2. The van der Waals surface area contributed by atoms with Crippen LogP contribution in [0.1, 0.15) is 31.8 Å². The number of nitrogens with zero attached hydrogens (tertiary/aromatic N) is 7. The fourth-order valence-corrected chi connectivity index (χ4v) is 9.55. The molecule has 18 heteroatoms. The average Bonchev–Trinajstić information content (AvgIpc) is 4.10. The van der Waals surface area contributed by atoms with Crippen molar-refractivity contribution in [1.82, 2.24) is 50.0 Å². The minimum absolute atomic E-state index is 0.186. The van der Waals surface area contributed by atoms with Crippen LogP contribution >= 0.6 is 0 Å². The number of sulfone groups is 2. The summed E-state index contributed by atoms with van der Waals surface area (Å²) in [4.78, 5) is 38.2. The number of aromatic amines is 1. The van der Waals surface area contributed by atoms with Crippen LogP contribution in [0.5, 0.6) is 0 Å². The van der Waals surface area contributed by atoms with Gasteiger partial charge in [0.2, 0.25) is 19.7 Å². The lowest BCUT2D eigenvalue weighted by atomic mass is 10.2. The van der Waals surface area contributed by atoms with Crippen molar-refractivity contribution >= 4 is 70.0 Å². The Morgan fingerprint density at radius 2 is 1.25 bits per heavy atom. The van der Waals surface area contributed by atoms with Crippen LogP contribution in [0, 0.1) is 0 Å². The van der Waals surface area contributed by atoms with Crippen molar-refractivity contribution < 1.29 is 26.4 Å². The lowest BCUT2D eigenvalue weighted by Crippen LogP contribution is -2.23. The number of hydrogen-bond donors (Lipinski definition) is 3. The van der Waals surface area contributed by atoms with Gasteiger partial charge in [0.05, 0.1) is 54.1 Å². The zero-order chi connectivity index (χ0) is 44.4. The van der Waals surface area contributed by atoms with Crippen LogP contribution in [0.25, 0.3) is 38.5 Å². The average molecular weight is 889 g/mol. The molecule has 0 saturated carbocycles. The van der Waals surface area contributed by atoms with Gasteiger partial charge in [-0.25, -0.2) is 26.8 Å². The number of carbonyl (C=O) groups excluding carboxylic acids is 2. The highest BCUT2D eigenvalue weighted by molar-refractivity contribution is 7.91. The van der Waals surface area contributed by atoms with Gasteiger partial charge < -0.3 is 15.0 Å². The Morgan fingerprint density at radius 3 is 1.95 bits per heavy atom. The first kappa shape index (κ1) is 41.3. The predicted octanol–water partition coefficient (Wildman–Crippen LogP) is 6.25. The standard InChI is InChI=1S/C23H19N5O3S.C23H17N5O3S/c1-27-21-8-7-20(12-18(21)14-26-27)32(30,31)19-5-2-16(3-6-19)13-25-23(29)17-4-9-22-24-10-11-28(22)15-17;29-23(18-10-17-14-27-28-22(17)25-13-18)26-12-15-3-5-19(6-4-15)32(30,31)20-7-8-21-16(11-20)2-1-9-24-21/h2-12,14-15H,13H2,1H3,(H,25,29);1-11,13-14H,12H2,(H,26,29)(H,25,27,28). The topological polar surface area (TPSA) is 216 Å². The van der Waals surface area contributed by atoms with Crippen molar-refractivity contribution in [2.24, 2.45) is 7.05 Å². The third kappa shape index (κ3) is 8.42. The van der Waals surface area contributed by atoms with E-state index in [1.165, 1.54) is 6.20 Å². The van der Waals surface area contributed by atoms with E-state index >= 15 is 0 Å². The largest absolute Gasteiger partial charge is 0.348 e. The highest BCUT2D eigenvalue weighted by atomic mass is 32.2. The highest BCUT2D eigenvalue weighted by Gasteiger charge is 2.20. The van der Waals surface area contributed by atoms with E-state index in [9.17, 15) is 26.4 Å². The second kappa shape index (κ2) is 17.0.